The maximum Gasteiger partial charge on any atom is 0.102 e. The highest BCUT2D eigenvalue weighted by molar-refractivity contribution is 7.99. The van der Waals surface area contributed by atoms with E-state index in [4.69, 9.17) is 5.11 Å². The second-order valence-electron chi connectivity index (χ2n) is 2.65. The molecule has 0 spiro atoms. The van der Waals surface area contributed by atoms with Gasteiger partial charge in [0.15, 0.2) is 0 Å². The minimum Gasteiger partial charge on any atom is -0.396 e. The second kappa shape index (κ2) is 5.21. The Hall–Kier alpha value is -0.580. The van der Waals surface area contributed by atoms with Gasteiger partial charge in [-0.05, 0) is 13.0 Å². The van der Waals surface area contributed by atoms with E-state index in [-0.39, 0.29) is 6.61 Å². The van der Waals surface area contributed by atoms with E-state index in [0.29, 0.717) is 5.75 Å². The minimum atomic E-state index is -0.505. The summed E-state index contributed by atoms with van der Waals surface area (Å²) < 4.78 is 0. The van der Waals surface area contributed by atoms with Gasteiger partial charge in [-0.3, -0.25) is 0 Å². The molecular formula is C9H13NO2S. The third kappa shape index (κ3) is 2.99. The Morgan fingerprint density at radius 2 is 2.38 bits per heavy atom. The molecule has 0 saturated heterocycles. The maximum absolute atomic E-state index is 9.39. The molecule has 0 aliphatic heterocycles. The van der Waals surface area contributed by atoms with Crippen LogP contribution in [0.1, 0.15) is 18.6 Å². The molecule has 2 N–H and O–H groups in total. The van der Waals surface area contributed by atoms with Crippen LogP contribution in [0.3, 0.4) is 0 Å². The van der Waals surface area contributed by atoms with Crippen molar-refractivity contribution in [3.05, 3.63) is 23.9 Å². The molecule has 0 amide bonds. The zero-order chi connectivity index (χ0) is 9.68. The average Bonchev–Trinajstić information content (AvgIpc) is 2.15. The van der Waals surface area contributed by atoms with Gasteiger partial charge in [0, 0.05) is 17.5 Å². The van der Waals surface area contributed by atoms with E-state index in [9.17, 15) is 5.11 Å². The van der Waals surface area contributed by atoms with Gasteiger partial charge in [0.25, 0.3) is 0 Å². The van der Waals surface area contributed by atoms with Crippen LogP contribution in [0.4, 0.5) is 0 Å². The molecule has 1 aromatic heterocycles. The summed E-state index contributed by atoms with van der Waals surface area (Å²) in [5.74, 6) is 0.608. The van der Waals surface area contributed by atoms with Crippen LogP contribution in [0, 0.1) is 0 Å². The molecule has 0 saturated carbocycles. The molecule has 0 unspecified atom stereocenters. The van der Waals surface area contributed by atoms with Gasteiger partial charge >= 0.3 is 0 Å². The van der Waals surface area contributed by atoms with Gasteiger partial charge in [-0.2, -0.15) is 0 Å². The molecule has 1 rings (SSSR count). The Labute approximate surface area is 81.8 Å². The van der Waals surface area contributed by atoms with Crippen LogP contribution in [0.25, 0.3) is 0 Å². The van der Waals surface area contributed by atoms with Gasteiger partial charge in [-0.1, -0.05) is 6.07 Å². The van der Waals surface area contributed by atoms with Gasteiger partial charge in [-0.25, -0.2) is 4.98 Å². The minimum absolute atomic E-state index is 0.125. The molecule has 13 heavy (non-hydrogen) atoms. The molecule has 0 aliphatic carbocycles. The first-order chi connectivity index (χ1) is 6.25. The standard InChI is InChI=1S/C9H13NO2S/c1-7(12)8-3-2-4-10-9(8)13-6-5-11/h2-4,7,11-12H,5-6H2,1H3/t7-/m1/s1. The molecule has 1 atom stereocenters. The summed E-state index contributed by atoms with van der Waals surface area (Å²) in [6, 6.07) is 3.64. The van der Waals surface area contributed by atoms with Gasteiger partial charge in [-0.15, -0.1) is 11.8 Å². The van der Waals surface area contributed by atoms with E-state index in [0.717, 1.165) is 10.6 Å². The van der Waals surface area contributed by atoms with Crippen LogP contribution in [0.5, 0.6) is 0 Å². The molecule has 0 aliphatic rings. The van der Waals surface area contributed by atoms with Crippen molar-refractivity contribution in [2.24, 2.45) is 0 Å². The Kier molecular flexibility index (Phi) is 4.21. The highest BCUT2D eigenvalue weighted by Gasteiger charge is 2.07. The zero-order valence-electron chi connectivity index (χ0n) is 7.47. The lowest BCUT2D eigenvalue weighted by atomic mass is 10.2. The molecule has 0 radical (unpaired) electrons. The maximum atomic E-state index is 9.39. The van der Waals surface area contributed by atoms with Crippen LogP contribution >= 0.6 is 11.8 Å². The number of aromatic nitrogens is 1. The summed E-state index contributed by atoms with van der Waals surface area (Å²) in [6.07, 6.45) is 1.18. The SMILES string of the molecule is C[C@@H](O)c1cccnc1SCCO. The van der Waals surface area contributed by atoms with E-state index in [1.165, 1.54) is 11.8 Å². The van der Waals surface area contributed by atoms with Gasteiger partial charge < -0.3 is 10.2 Å². The summed E-state index contributed by atoms with van der Waals surface area (Å²) in [5, 5.41) is 18.8. The molecular weight excluding hydrogens is 186 g/mol. The molecule has 4 heteroatoms. The lowest BCUT2D eigenvalue weighted by molar-refractivity contribution is 0.195. The summed E-state index contributed by atoms with van der Waals surface area (Å²) in [5.41, 5.74) is 0.820. The van der Waals surface area contributed by atoms with Crippen molar-refractivity contribution < 1.29 is 10.2 Å². The zero-order valence-corrected chi connectivity index (χ0v) is 8.29. The topological polar surface area (TPSA) is 53.4 Å². The Morgan fingerprint density at radius 3 is 3.00 bits per heavy atom. The number of aliphatic hydroxyl groups is 2. The molecule has 0 bridgehead atoms. The first kappa shape index (κ1) is 10.5. The van der Waals surface area contributed by atoms with Crippen molar-refractivity contribution in [1.29, 1.82) is 0 Å². The molecule has 3 nitrogen and oxygen atoms in total. The number of pyridine rings is 1. The Bertz CT molecular complexity index is 266. The van der Waals surface area contributed by atoms with Crippen molar-refractivity contribution in [2.45, 2.75) is 18.1 Å². The van der Waals surface area contributed by atoms with Gasteiger partial charge in [0.1, 0.15) is 5.03 Å². The molecule has 0 fully saturated rings. The van der Waals surface area contributed by atoms with Gasteiger partial charge in [0.05, 0.1) is 12.7 Å². The summed E-state index contributed by atoms with van der Waals surface area (Å²) in [4.78, 5) is 4.13. The van der Waals surface area contributed by atoms with Gasteiger partial charge in [0.2, 0.25) is 0 Å². The lowest BCUT2D eigenvalue weighted by Gasteiger charge is -2.08. The molecule has 1 heterocycles. The first-order valence-electron chi connectivity index (χ1n) is 4.12. The first-order valence-corrected chi connectivity index (χ1v) is 5.11. The van der Waals surface area contributed by atoms with Crippen molar-refractivity contribution in [1.82, 2.24) is 4.98 Å². The number of hydrogen-bond acceptors (Lipinski definition) is 4. The van der Waals surface area contributed by atoms with Crippen molar-refractivity contribution in [2.75, 3.05) is 12.4 Å². The van der Waals surface area contributed by atoms with Crippen molar-refractivity contribution >= 4 is 11.8 Å². The molecule has 0 aromatic carbocycles. The quantitative estimate of drug-likeness (QED) is 0.716. The third-order valence-corrected chi connectivity index (χ3v) is 2.58. The monoisotopic (exact) mass is 199 g/mol. The average molecular weight is 199 g/mol. The summed E-state index contributed by atoms with van der Waals surface area (Å²) in [7, 11) is 0. The lowest BCUT2D eigenvalue weighted by Crippen LogP contribution is -1.97. The fourth-order valence-corrected chi connectivity index (χ4v) is 1.81. The van der Waals surface area contributed by atoms with Crippen molar-refractivity contribution in [3.8, 4) is 0 Å². The fourth-order valence-electron chi connectivity index (χ4n) is 0.984. The van der Waals surface area contributed by atoms with E-state index >= 15 is 0 Å². The smallest absolute Gasteiger partial charge is 0.102 e. The predicted molar refractivity (Wildman–Crippen MR) is 52.7 cm³/mol. The van der Waals surface area contributed by atoms with E-state index < -0.39 is 6.10 Å². The summed E-state index contributed by atoms with van der Waals surface area (Å²) in [6.45, 7) is 1.83. The highest BCUT2D eigenvalue weighted by atomic mass is 32.2. The number of rotatable bonds is 4. The van der Waals surface area contributed by atoms with E-state index in [1.54, 1.807) is 19.2 Å². The highest BCUT2D eigenvalue weighted by Crippen LogP contribution is 2.24. The normalized spacial score (nSPS) is 12.8. The largest absolute Gasteiger partial charge is 0.396 e. The van der Waals surface area contributed by atoms with E-state index in [2.05, 4.69) is 4.98 Å². The number of aliphatic hydroxyl groups excluding tert-OH is 2. The van der Waals surface area contributed by atoms with Crippen LogP contribution < -0.4 is 0 Å². The summed E-state index contributed by atoms with van der Waals surface area (Å²) >= 11 is 1.45. The van der Waals surface area contributed by atoms with Crippen LogP contribution in [-0.2, 0) is 0 Å². The van der Waals surface area contributed by atoms with Crippen LogP contribution in [-0.4, -0.2) is 27.6 Å². The number of hydrogen-bond donors (Lipinski definition) is 2. The number of thioether (sulfide) groups is 1. The fraction of sp³-hybridized carbons (Fsp3) is 0.444. The molecule has 72 valence electrons. The Morgan fingerprint density at radius 1 is 1.62 bits per heavy atom. The molecule has 1 aromatic rings. The Balaban J connectivity index is 2.78. The predicted octanol–water partition coefficient (Wildman–Crippen LogP) is 1.22. The van der Waals surface area contributed by atoms with Crippen molar-refractivity contribution in [3.63, 3.8) is 0 Å². The van der Waals surface area contributed by atoms with Crippen LogP contribution in [0.15, 0.2) is 23.4 Å². The number of nitrogens with zero attached hydrogens (tertiary/aromatic N) is 1. The third-order valence-electron chi connectivity index (χ3n) is 1.58. The van der Waals surface area contributed by atoms with E-state index in [1.807, 2.05) is 6.07 Å². The van der Waals surface area contributed by atoms with Crippen LogP contribution in [0.2, 0.25) is 0 Å². The second-order valence-corrected chi connectivity index (χ2v) is 3.73.